The molecule has 0 fully saturated rings. The molecule has 1 aromatic rings. The van der Waals surface area contributed by atoms with Crippen LogP contribution in [-0.4, -0.2) is 19.0 Å². The van der Waals surface area contributed by atoms with Crippen molar-refractivity contribution in [2.24, 2.45) is 10.7 Å². The number of unbranched alkanes of at least 4 members (excludes halogenated alkanes) is 1. The lowest BCUT2D eigenvalue weighted by molar-refractivity contribution is 0.792. The SMILES string of the molecule is CCCCN=C(N)NCCc1cccs1.I. The minimum Gasteiger partial charge on any atom is -0.370 e. The summed E-state index contributed by atoms with van der Waals surface area (Å²) in [5.74, 6) is 0.569. The van der Waals surface area contributed by atoms with Gasteiger partial charge in [0.05, 0.1) is 0 Å². The quantitative estimate of drug-likeness (QED) is 0.358. The predicted molar refractivity (Wildman–Crippen MR) is 82.8 cm³/mol. The molecule has 16 heavy (non-hydrogen) atoms. The molecule has 1 aromatic heterocycles. The van der Waals surface area contributed by atoms with E-state index in [-0.39, 0.29) is 24.0 Å². The van der Waals surface area contributed by atoms with Crippen LogP contribution in [0.25, 0.3) is 0 Å². The van der Waals surface area contributed by atoms with Crippen molar-refractivity contribution in [3.05, 3.63) is 22.4 Å². The molecule has 3 nitrogen and oxygen atoms in total. The van der Waals surface area contributed by atoms with Gasteiger partial charge in [-0.2, -0.15) is 0 Å². The number of nitrogens with zero attached hydrogens (tertiary/aromatic N) is 1. The third kappa shape index (κ3) is 7.05. The van der Waals surface area contributed by atoms with Gasteiger partial charge >= 0.3 is 0 Å². The molecule has 0 aromatic carbocycles. The van der Waals surface area contributed by atoms with Crippen molar-refractivity contribution in [3.8, 4) is 0 Å². The van der Waals surface area contributed by atoms with Gasteiger partial charge in [-0.15, -0.1) is 35.3 Å². The molecule has 0 atom stereocenters. The van der Waals surface area contributed by atoms with Crippen LogP contribution in [0, 0.1) is 0 Å². The number of guanidine groups is 1. The first kappa shape index (κ1) is 15.7. The number of hydrogen-bond donors (Lipinski definition) is 2. The summed E-state index contributed by atoms with van der Waals surface area (Å²) in [6.07, 6.45) is 3.28. The van der Waals surface area contributed by atoms with E-state index in [0.717, 1.165) is 32.4 Å². The summed E-state index contributed by atoms with van der Waals surface area (Å²) in [6, 6.07) is 4.20. The van der Waals surface area contributed by atoms with Gasteiger partial charge in [-0.3, -0.25) is 4.99 Å². The van der Waals surface area contributed by atoms with Crippen molar-refractivity contribution in [1.82, 2.24) is 5.32 Å². The molecule has 92 valence electrons. The van der Waals surface area contributed by atoms with Crippen molar-refractivity contribution < 1.29 is 0 Å². The van der Waals surface area contributed by atoms with Gasteiger partial charge in [-0.25, -0.2) is 0 Å². The fourth-order valence-electron chi connectivity index (χ4n) is 1.18. The first-order valence-corrected chi connectivity index (χ1v) is 6.27. The fourth-order valence-corrected chi connectivity index (χ4v) is 1.89. The summed E-state index contributed by atoms with van der Waals surface area (Å²) >= 11 is 1.78. The highest BCUT2D eigenvalue weighted by Crippen LogP contribution is 2.07. The van der Waals surface area contributed by atoms with Crippen LogP contribution in [0.15, 0.2) is 22.5 Å². The molecule has 0 saturated carbocycles. The second-order valence-corrected chi connectivity index (χ2v) is 4.41. The number of nitrogens with two attached hydrogens (primary N) is 1. The Labute approximate surface area is 119 Å². The normalized spacial score (nSPS) is 10.9. The highest BCUT2D eigenvalue weighted by molar-refractivity contribution is 14.0. The Kier molecular flexibility index (Phi) is 9.71. The van der Waals surface area contributed by atoms with Crippen LogP contribution in [0.4, 0.5) is 0 Å². The second kappa shape index (κ2) is 9.89. The average Bonchev–Trinajstić information content (AvgIpc) is 2.71. The molecule has 0 amide bonds. The van der Waals surface area contributed by atoms with E-state index in [4.69, 9.17) is 5.73 Å². The topological polar surface area (TPSA) is 50.4 Å². The van der Waals surface area contributed by atoms with Crippen molar-refractivity contribution >= 4 is 41.3 Å². The molecule has 1 heterocycles. The third-order valence-electron chi connectivity index (χ3n) is 2.05. The molecule has 0 aliphatic rings. The van der Waals surface area contributed by atoms with Gasteiger partial charge in [0, 0.05) is 18.0 Å². The molecule has 3 N–H and O–H groups in total. The molecule has 5 heteroatoms. The summed E-state index contributed by atoms with van der Waals surface area (Å²) in [5, 5.41) is 5.21. The van der Waals surface area contributed by atoms with Gasteiger partial charge in [0.25, 0.3) is 0 Å². The molecule has 0 saturated heterocycles. The molecule has 0 spiro atoms. The van der Waals surface area contributed by atoms with Gasteiger partial charge < -0.3 is 11.1 Å². The number of thiophene rings is 1. The maximum atomic E-state index is 5.70. The Morgan fingerprint density at radius 3 is 3.00 bits per heavy atom. The average molecular weight is 353 g/mol. The zero-order chi connectivity index (χ0) is 10.9. The van der Waals surface area contributed by atoms with E-state index < -0.39 is 0 Å². The summed E-state index contributed by atoms with van der Waals surface area (Å²) in [7, 11) is 0. The number of rotatable bonds is 6. The Balaban J connectivity index is 0.00000225. The van der Waals surface area contributed by atoms with E-state index in [9.17, 15) is 0 Å². The predicted octanol–water partition coefficient (Wildman–Crippen LogP) is 2.61. The maximum Gasteiger partial charge on any atom is 0.188 e. The molecule has 0 bridgehead atoms. The molecular weight excluding hydrogens is 333 g/mol. The van der Waals surface area contributed by atoms with Crippen molar-refractivity contribution in [2.75, 3.05) is 13.1 Å². The second-order valence-electron chi connectivity index (χ2n) is 3.38. The van der Waals surface area contributed by atoms with Crippen molar-refractivity contribution in [3.63, 3.8) is 0 Å². The summed E-state index contributed by atoms with van der Waals surface area (Å²) < 4.78 is 0. The van der Waals surface area contributed by atoms with E-state index in [1.165, 1.54) is 4.88 Å². The Morgan fingerprint density at radius 2 is 2.38 bits per heavy atom. The Hall–Kier alpha value is -0.300. The van der Waals surface area contributed by atoms with Crippen LogP contribution < -0.4 is 11.1 Å². The minimum atomic E-state index is 0. The molecule has 0 unspecified atom stereocenters. The van der Waals surface area contributed by atoms with Crippen LogP contribution in [0.3, 0.4) is 0 Å². The molecule has 0 aliphatic carbocycles. The lowest BCUT2D eigenvalue weighted by Gasteiger charge is -2.03. The Bertz CT molecular complexity index is 285. The van der Waals surface area contributed by atoms with E-state index in [1.54, 1.807) is 11.3 Å². The molecular formula is C11H20IN3S. The van der Waals surface area contributed by atoms with Gasteiger partial charge in [0.1, 0.15) is 0 Å². The van der Waals surface area contributed by atoms with Gasteiger partial charge in [-0.05, 0) is 24.3 Å². The summed E-state index contributed by atoms with van der Waals surface area (Å²) in [6.45, 7) is 3.84. The first-order valence-electron chi connectivity index (χ1n) is 5.39. The third-order valence-corrected chi connectivity index (χ3v) is 2.99. The summed E-state index contributed by atoms with van der Waals surface area (Å²) in [4.78, 5) is 5.60. The van der Waals surface area contributed by atoms with Gasteiger partial charge in [-0.1, -0.05) is 19.4 Å². The highest BCUT2D eigenvalue weighted by Gasteiger charge is 1.94. The van der Waals surface area contributed by atoms with Crippen LogP contribution in [0.5, 0.6) is 0 Å². The number of halogens is 1. The molecule has 0 radical (unpaired) electrons. The smallest absolute Gasteiger partial charge is 0.188 e. The fraction of sp³-hybridized carbons (Fsp3) is 0.545. The zero-order valence-corrected chi connectivity index (χ0v) is 12.8. The zero-order valence-electron chi connectivity index (χ0n) is 9.61. The maximum absolute atomic E-state index is 5.70. The van der Waals surface area contributed by atoms with E-state index in [1.807, 2.05) is 0 Å². The summed E-state index contributed by atoms with van der Waals surface area (Å²) in [5.41, 5.74) is 5.70. The standard InChI is InChI=1S/C11H19N3S.HI/c1-2-3-7-13-11(12)14-8-6-10-5-4-9-15-10;/h4-5,9H,2-3,6-8H2,1H3,(H3,12,13,14);1H. The van der Waals surface area contributed by atoms with Crippen LogP contribution in [-0.2, 0) is 6.42 Å². The molecule has 0 aliphatic heterocycles. The van der Waals surface area contributed by atoms with E-state index in [0.29, 0.717) is 5.96 Å². The lowest BCUT2D eigenvalue weighted by atomic mass is 10.3. The monoisotopic (exact) mass is 353 g/mol. The van der Waals surface area contributed by atoms with E-state index in [2.05, 4.69) is 34.7 Å². The number of hydrogen-bond acceptors (Lipinski definition) is 2. The lowest BCUT2D eigenvalue weighted by Crippen LogP contribution is -2.33. The number of aliphatic imine (C=N–C) groups is 1. The van der Waals surface area contributed by atoms with Crippen LogP contribution >= 0.6 is 35.3 Å². The van der Waals surface area contributed by atoms with Crippen LogP contribution in [0.2, 0.25) is 0 Å². The van der Waals surface area contributed by atoms with E-state index >= 15 is 0 Å². The number of nitrogens with one attached hydrogen (secondary N) is 1. The highest BCUT2D eigenvalue weighted by atomic mass is 127. The Morgan fingerprint density at radius 1 is 1.56 bits per heavy atom. The van der Waals surface area contributed by atoms with Crippen LogP contribution in [0.1, 0.15) is 24.6 Å². The van der Waals surface area contributed by atoms with Gasteiger partial charge in [0.2, 0.25) is 0 Å². The largest absolute Gasteiger partial charge is 0.370 e. The van der Waals surface area contributed by atoms with Crippen molar-refractivity contribution in [1.29, 1.82) is 0 Å². The first-order chi connectivity index (χ1) is 7.33. The minimum absolute atomic E-state index is 0. The van der Waals surface area contributed by atoms with Crippen molar-refractivity contribution in [2.45, 2.75) is 26.2 Å². The molecule has 1 rings (SSSR count). The van der Waals surface area contributed by atoms with Gasteiger partial charge in [0.15, 0.2) is 5.96 Å².